The van der Waals surface area contributed by atoms with Crippen LogP contribution in [0, 0.1) is 0 Å². The van der Waals surface area contributed by atoms with Crippen molar-refractivity contribution in [2.75, 3.05) is 31.7 Å². The molecule has 5 rings (SSSR count). The third kappa shape index (κ3) is 2.96. The van der Waals surface area contributed by atoms with Crippen molar-refractivity contribution in [1.82, 2.24) is 4.90 Å². The van der Waals surface area contributed by atoms with Crippen LogP contribution in [0.1, 0.15) is 28.8 Å². The Balaban J connectivity index is 1.27. The van der Waals surface area contributed by atoms with Crippen molar-refractivity contribution in [3.05, 3.63) is 59.2 Å². The highest BCUT2D eigenvalue weighted by molar-refractivity contribution is 6.32. The van der Waals surface area contributed by atoms with Gasteiger partial charge in [-0.25, -0.2) is 0 Å². The SMILES string of the molecule is O=C1Nc2ccccc2C1=C1CCN(CC(=O)c2ccc3c(c2)OCO3)CC1. The Kier molecular flexibility index (Phi) is 4.13. The van der Waals surface area contributed by atoms with Crippen LogP contribution < -0.4 is 14.8 Å². The number of fused-ring (bicyclic) bond motifs is 2. The number of nitrogens with zero attached hydrogens (tertiary/aromatic N) is 1. The number of hydrogen-bond acceptors (Lipinski definition) is 5. The maximum atomic E-state index is 12.7. The fraction of sp³-hybridized carbons (Fsp3) is 0.273. The summed E-state index contributed by atoms with van der Waals surface area (Å²) in [7, 11) is 0. The fourth-order valence-corrected chi connectivity index (χ4v) is 4.06. The number of ether oxygens (including phenoxy) is 2. The third-order valence-corrected chi connectivity index (χ3v) is 5.55. The lowest BCUT2D eigenvalue weighted by Gasteiger charge is -2.28. The second-order valence-electron chi connectivity index (χ2n) is 7.25. The second kappa shape index (κ2) is 6.80. The second-order valence-corrected chi connectivity index (χ2v) is 7.25. The van der Waals surface area contributed by atoms with Crippen LogP contribution in [0.15, 0.2) is 48.0 Å². The quantitative estimate of drug-likeness (QED) is 0.659. The van der Waals surface area contributed by atoms with Crippen LogP contribution in [0.25, 0.3) is 5.57 Å². The summed E-state index contributed by atoms with van der Waals surface area (Å²) in [4.78, 5) is 27.2. The Morgan fingerprint density at radius 1 is 1.04 bits per heavy atom. The number of Topliss-reactive ketones (excluding diaryl/α,β-unsaturated/α-hetero) is 1. The molecule has 6 heteroatoms. The standard InChI is InChI=1S/C22H20N2O4/c25-18(15-5-6-19-20(11-15)28-13-27-19)12-24-9-7-14(8-10-24)21-16-3-1-2-4-17(16)23-22(21)26/h1-6,11H,7-10,12-13H2,(H,23,26). The number of ketones is 1. The van der Waals surface area contributed by atoms with Crippen LogP contribution in [0.2, 0.25) is 0 Å². The summed E-state index contributed by atoms with van der Waals surface area (Å²) < 4.78 is 10.7. The van der Waals surface area contributed by atoms with E-state index >= 15 is 0 Å². The minimum atomic E-state index is -0.0129. The van der Waals surface area contributed by atoms with E-state index in [4.69, 9.17) is 9.47 Å². The highest BCUT2D eigenvalue weighted by atomic mass is 16.7. The number of piperidine rings is 1. The fourth-order valence-electron chi connectivity index (χ4n) is 4.06. The molecular formula is C22H20N2O4. The number of rotatable bonds is 3. The lowest BCUT2D eigenvalue weighted by molar-refractivity contribution is -0.110. The van der Waals surface area contributed by atoms with Gasteiger partial charge in [-0.3, -0.25) is 14.5 Å². The first-order valence-electron chi connectivity index (χ1n) is 9.47. The summed E-state index contributed by atoms with van der Waals surface area (Å²) >= 11 is 0. The molecule has 3 aliphatic rings. The maximum Gasteiger partial charge on any atom is 0.256 e. The van der Waals surface area contributed by atoms with E-state index in [0.29, 0.717) is 23.6 Å². The molecule has 0 unspecified atom stereocenters. The predicted octanol–water partition coefficient (Wildman–Crippen LogP) is 3.10. The monoisotopic (exact) mass is 376 g/mol. The first-order valence-corrected chi connectivity index (χ1v) is 9.47. The smallest absolute Gasteiger partial charge is 0.256 e. The van der Waals surface area contributed by atoms with Gasteiger partial charge < -0.3 is 14.8 Å². The molecule has 142 valence electrons. The molecule has 0 aliphatic carbocycles. The number of benzene rings is 2. The van der Waals surface area contributed by atoms with Gasteiger partial charge in [-0.05, 0) is 37.1 Å². The Labute approximate surface area is 162 Å². The van der Waals surface area contributed by atoms with Crippen molar-refractivity contribution in [1.29, 1.82) is 0 Å². The van der Waals surface area contributed by atoms with E-state index in [1.165, 1.54) is 5.57 Å². The number of anilines is 1. The van der Waals surface area contributed by atoms with Crippen LogP contribution in [-0.4, -0.2) is 43.0 Å². The van der Waals surface area contributed by atoms with E-state index in [1.54, 1.807) is 18.2 Å². The molecule has 28 heavy (non-hydrogen) atoms. The zero-order chi connectivity index (χ0) is 19.1. The van der Waals surface area contributed by atoms with Gasteiger partial charge in [0.05, 0.1) is 6.54 Å². The van der Waals surface area contributed by atoms with Crippen molar-refractivity contribution in [2.24, 2.45) is 0 Å². The van der Waals surface area contributed by atoms with E-state index in [0.717, 1.165) is 42.8 Å². The van der Waals surface area contributed by atoms with Gasteiger partial charge in [0.1, 0.15) is 0 Å². The minimum Gasteiger partial charge on any atom is -0.454 e. The molecule has 0 aromatic heterocycles. The highest BCUT2D eigenvalue weighted by Crippen LogP contribution is 2.37. The molecule has 0 bridgehead atoms. The van der Waals surface area contributed by atoms with E-state index in [-0.39, 0.29) is 18.5 Å². The van der Waals surface area contributed by atoms with Gasteiger partial charge >= 0.3 is 0 Å². The Bertz CT molecular complexity index is 1000. The molecule has 2 aromatic carbocycles. The van der Waals surface area contributed by atoms with E-state index in [9.17, 15) is 9.59 Å². The molecule has 0 radical (unpaired) electrons. The van der Waals surface area contributed by atoms with Crippen molar-refractivity contribution in [2.45, 2.75) is 12.8 Å². The van der Waals surface area contributed by atoms with Gasteiger partial charge in [-0.2, -0.15) is 0 Å². The predicted molar refractivity (Wildman–Crippen MR) is 105 cm³/mol. The average molecular weight is 376 g/mol. The molecule has 1 amide bonds. The number of hydrogen-bond donors (Lipinski definition) is 1. The van der Waals surface area contributed by atoms with Gasteiger partial charge in [0.2, 0.25) is 6.79 Å². The van der Waals surface area contributed by atoms with E-state index in [1.807, 2.05) is 24.3 Å². The number of likely N-dealkylation sites (tertiary alicyclic amines) is 1. The van der Waals surface area contributed by atoms with Crippen molar-refractivity contribution >= 4 is 23.0 Å². The number of carbonyl (C=O) groups excluding carboxylic acids is 2. The molecule has 1 saturated heterocycles. The van der Waals surface area contributed by atoms with Crippen molar-refractivity contribution in [3.63, 3.8) is 0 Å². The molecule has 3 heterocycles. The molecule has 3 aliphatic heterocycles. The van der Waals surface area contributed by atoms with E-state index in [2.05, 4.69) is 10.2 Å². The summed E-state index contributed by atoms with van der Waals surface area (Å²) in [6, 6.07) is 13.1. The van der Waals surface area contributed by atoms with Gasteiger partial charge in [0.25, 0.3) is 5.91 Å². The lowest BCUT2D eigenvalue weighted by atomic mass is 9.93. The zero-order valence-electron chi connectivity index (χ0n) is 15.4. The van der Waals surface area contributed by atoms with Gasteiger partial charge in [-0.1, -0.05) is 23.8 Å². The first kappa shape index (κ1) is 17.0. The number of para-hydroxylation sites is 1. The summed E-state index contributed by atoms with van der Waals surface area (Å²) in [5, 5.41) is 2.94. The first-order chi connectivity index (χ1) is 13.7. The number of carbonyl (C=O) groups is 2. The van der Waals surface area contributed by atoms with E-state index < -0.39 is 0 Å². The number of amides is 1. The van der Waals surface area contributed by atoms with Crippen LogP contribution in [-0.2, 0) is 4.79 Å². The minimum absolute atomic E-state index is 0.0129. The van der Waals surface area contributed by atoms with Crippen LogP contribution in [0.5, 0.6) is 11.5 Å². The summed E-state index contributed by atoms with van der Waals surface area (Å²) in [6.07, 6.45) is 1.59. The normalized spacial score (nSPS) is 18.2. The third-order valence-electron chi connectivity index (χ3n) is 5.55. The molecule has 0 atom stereocenters. The summed E-state index contributed by atoms with van der Waals surface area (Å²) in [6.45, 7) is 2.10. The van der Waals surface area contributed by atoms with Crippen molar-refractivity contribution < 1.29 is 19.1 Å². The van der Waals surface area contributed by atoms with Crippen molar-refractivity contribution in [3.8, 4) is 11.5 Å². The molecule has 2 aromatic rings. The molecule has 6 nitrogen and oxygen atoms in total. The molecular weight excluding hydrogens is 356 g/mol. The van der Waals surface area contributed by atoms with Gasteiger partial charge in [-0.15, -0.1) is 0 Å². The topological polar surface area (TPSA) is 67.9 Å². The maximum absolute atomic E-state index is 12.7. The van der Waals surface area contributed by atoms with Crippen LogP contribution in [0.3, 0.4) is 0 Å². The molecule has 1 N–H and O–H groups in total. The Hall–Kier alpha value is -3.12. The van der Waals surface area contributed by atoms with Gasteiger partial charge in [0, 0.05) is 35.5 Å². The summed E-state index contributed by atoms with van der Waals surface area (Å²) in [5.41, 5.74) is 4.51. The number of nitrogens with one attached hydrogen (secondary N) is 1. The zero-order valence-corrected chi connectivity index (χ0v) is 15.4. The molecule has 0 saturated carbocycles. The Morgan fingerprint density at radius 3 is 2.68 bits per heavy atom. The molecule has 0 spiro atoms. The average Bonchev–Trinajstić information content (AvgIpc) is 3.31. The Morgan fingerprint density at radius 2 is 1.82 bits per heavy atom. The van der Waals surface area contributed by atoms with Gasteiger partial charge in [0.15, 0.2) is 17.3 Å². The highest BCUT2D eigenvalue weighted by Gasteiger charge is 2.29. The lowest BCUT2D eigenvalue weighted by Crippen LogP contribution is -2.35. The van der Waals surface area contributed by atoms with Crippen LogP contribution >= 0.6 is 0 Å². The van der Waals surface area contributed by atoms with Crippen LogP contribution in [0.4, 0.5) is 5.69 Å². The molecule has 1 fully saturated rings. The summed E-state index contributed by atoms with van der Waals surface area (Å²) in [5.74, 6) is 1.36. The largest absolute Gasteiger partial charge is 0.454 e.